The fraction of sp³-hybridized carbons (Fsp3) is 1.00. The van der Waals surface area contributed by atoms with Gasteiger partial charge in [0.05, 0.1) is 18.8 Å². The molecule has 1 aliphatic carbocycles. The molecule has 1 aliphatic heterocycles. The standard InChI is InChI=1S/C6H11O5P/c7-12(8,9)10-3-5-1-4-2-6(4)11-5/h4-6H,1-3H2,(H2,7,8,9)/t4?,5-,6-/m0/s1. The molecule has 2 fully saturated rings. The van der Waals surface area contributed by atoms with Gasteiger partial charge in [0.2, 0.25) is 0 Å². The Morgan fingerprint density at radius 1 is 1.50 bits per heavy atom. The minimum Gasteiger partial charge on any atom is -0.372 e. The van der Waals surface area contributed by atoms with E-state index in [4.69, 9.17) is 14.5 Å². The van der Waals surface area contributed by atoms with E-state index < -0.39 is 7.82 Å². The fourth-order valence-corrected chi connectivity index (χ4v) is 1.92. The highest BCUT2D eigenvalue weighted by atomic mass is 31.2. The second kappa shape index (κ2) is 2.79. The average molecular weight is 194 g/mol. The van der Waals surface area contributed by atoms with Crippen LogP contribution in [0.3, 0.4) is 0 Å². The van der Waals surface area contributed by atoms with Crippen LogP contribution in [0, 0.1) is 5.92 Å². The van der Waals surface area contributed by atoms with Crippen molar-refractivity contribution in [3.63, 3.8) is 0 Å². The van der Waals surface area contributed by atoms with Crippen LogP contribution in [-0.2, 0) is 13.8 Å². The van der Waals surface area contributed by atoms with E-state index in [1.54, 1.807) is 0 Å². The van der Waals surface area contributed by atoms with E-state index in [0.29, 0.717) is 12.0 Å². The lowest BCUT2D eigenvalue weighted by Crippen LogP contribution is -2.15. The lowest BCUT2D eigenvalue weighted by Gasteiger charge is -2.12. The summed E-state index contributed by atoms with van der Waals surface area (Å²) in [5.74, 6) is 0.621. The molecule has 2 N–H and O–H groups in total. The van der Waals surface area contributed by atoms with Gasteiger partial charge in [-0.1, -0.05) is 0 Å². The van der Waals surface area contributed by atoms with Crippen LogP contribution in [-0.4, -0.2) is 28.6 Å². The highest BCUT2D eigenvalue weighted by Gasteiger charge is 2.47. The van der Waals surface area contributed by atoms with Crippen molar-refractivity contribution in [2.45, 2.75) is 25.0 Å². The van der Waals surface area contributed by atoms with Crippen LogP contribution in [0.2, 0.25) is 0 Å². The Morgan fingerprint density at radius 2 is 2.25 bits per heavy atom. The molecule has 1 heterocycles. The topological polar surface area (TPSA) is 76.0 Å². The molecule has 70 valence electrons. The van der Waals surface area contributed by atoms with Gasteiger partial charge in [-0.15, -0.1) is 0 Å². The predicted octanol–water partition coefficient (Wildman–Crippen LogP) is 0.273. The SMILES string of the molecule is O=P(O)(O)OC[C@@H]1CC2C[C@@H]2O1. The minimum atomic E-state index is -4.30. The van der Waals surface area contributed by atoms with Crippen molar-refractivity contribution in [3.8, 4) is 0 Å². The monoisotopic (exact) mass is 194 g/mol. The van der Waals surface area contributed by atoms with Crippen LogP contribution in [0.4, 0.5) is 0 Å². The molecule has 0 spiro atoms. The van der Waals surface area contributed by atoms with Gasteiger partial charge in [-0.25, -0.2) is 4.57 Å². The molecule has 0 aromatic heterocycles. The van der Waals surface area contributed by atoms with Crippen LogP contribution in [0.15, 0.2) is 0 Å². The fourth-order valence-electron chi connectivity index (χ4n) is 1.56. The summed E-state index contributed by atoms with van der Waals surface area (Å²) in [7, 11) is -4.30. The molecular formula is C6H11O5P. The second-order valence-corrected chi connectivity index (χ2v) is 4.55. The Bertz CT molecular complexity index is 214. The van der Waals surface area contributed by atoms with E-state index in [-0.39, 0.29) is 12.7 Å². The summed E-state index contributed by atoms with van der Waals surface area (Å²) < 4.78 is 20.0. The summed E-state index contributed by atoms with van der Waals surface area (Å²) in [5.41, 5.74) is 0. The molecule has 2 aliphatic rings. The molecule has 0 amide bonds. The third-order valence-electron chi connectivity index (χ3n) is 2.22. The molecule has 1 saturated carbocycles. The van der Waals surface area contributed by atoms with Gasteiger partial charge in [0.1, 0.15) is 0 Å². The lowest BCUT2D eigenvalue weighted by atomic mass is 10.2. The van der Waals surface area contributed by atoms with E-state index in [9.17, 15) is 4.57 Å². The maximum absolute atomic E-state index is 10.3. The van der Waals surface area contributed by atoms with Crippen molar-refractivity contribution >= 4 is 7.82 Å². The van der Waals surface area contributed by atoms with Crippen molar-refractivity contribution in [2.24, 2.45) is 5.92 Å². The average Bonchev–Trinajstić information content (AvgIpc) is 2.54. The van der Waals surface area contributed by atoms with E-state index in [1.165, 1.54) is 0 Å². The normalized spacial score (nSPS) is 39.7. The van der Waals surface area contributed by atoms with E-state index in [2.05, 4.69) is 4.52 Å². The summed E-state index contributed by atoms with van der Waals surface area (Å²) in [6, 6.07) is 0. The molecule has 0 radical (unpaired) electrons. The maximum atomic E-state index is 10.3. The third-order valence-corrected chi connectivity index (χ3v) is 2.70. The number of ether oxygens (including phenoxy) is 1. The van der Waals surface area contributed by atoms with Crippen LogP contribution < -0.4 is 0 Å². The molecule has 6 heteroatoms. The van der Waals surface area contributed by atoms with Gasteiger partial charge < -0.3 is 14.5 Å². The quantitative estimate of drug-likeness (QED) is 0.631. The Hall–Kier alpha value is 0.0700. The molecule has 0 aromatic rings. The second-order valence-electron chi connectivity index (χ2n) is 3.31. The van der Waals surface area contributed by atoms with Crippen LogP contribution in [0.25, 0.3) is 0 Å². The van der Waals surface area contributed by atoms with Gasteiger partial charge in [-0.05, 0) is 18.8 Å². The maximum Gasteiger partial charge on any atom is 0.469 e. The van der Waals surface area contributed by atoms with Crippen LogP contribution in [0.1, 0.15) is 12.8 Å². The Kier molecular flexibility index (Phi) is 2.01. The minimum absolute atomic E-state index is 0.0112. The summed E-state index contributed by atoms with van der Waals surface area (Å²) in [6.07, 6.45) is 2.22. The zero-order valence-electron chi connectivity index (χ0n) is 6.42. The smallest absolute Gasteiger partial charge is 0.372 e. The summed E-state index contributed by atoms with van der Waals surface area (Å²) >= 11 is 0. The molecule has 0 bridgehead atoms. The highest BCUT2D eigenvalue weighted by molar-refractivity contribution is 7.46. The number of phosphoric ester groups is 1. The van der Waals surface area contributed by atoms with E-state index in [0.717, 1.165) is 12.8 Å². The van der Waals surface area contributed by atoms with Crippen molar-refractivity contribution in [1.82, 2.24) is 0 Å². The zero-order chi connectivity index (χ0) is 8.77. The Morgan fingerprint density at radius 3 is 2.75 bits per heavy atom. The van der Waals surface area contributed by atoms with Crippen molar-refractivity contribution in [1.29, 1.82) is 0 Å². The number of rotatable bonds is 3. The summed E-state index contributed by atoms with van der Waals surface area (Å²) in [6.45, 7) is 0.0112. The van der Waals surface area contributed by atoms with E-state index >= 15 is 0 Å². The van der Waals surface area contributed by atoms with Gasteiger partial charge in [0.25, 0.3) is 0 Å². The lowest BCUT2D eigenvalue weighted by molar-refractivity contribution is 0.0285. The molecule has 1 unspecified atom stereocenters. The van der Waals surface area contributed by atoms with Crippen molar-refractivity contribution < 1.29 is 23.6 Å². The van der Waals surface area contributed by atoms with Gasteiger partial charge in [-0.3, -0.25) is 4.52 Å². The molecule has 3 atom stereocenters. The number of hydrogen-bond donors (Lipinski definition) is 2. The van der Waals surface area contributed by atoms with Crippen molar-refractivity contribution in [2.75, 3.05) is 6.61 Å². The molecule has 0 aromatic carbocycles. The number of phosphoric acid groups is 1. The van der Waals surface area contributed by atoms with Crippen LogP contribution >= 0.6 is 7.82 Å². The Balaban J connectivity index is 1.71. The summed E-state index contributed by atoms with van der Waals surface area (Å²) in [5, 5.41) is 0. The van der Waals surface area contributed by atoms with Gasteiger partial charge >= 0.3 is 7.82 Å². The largest absolute Gasteiger partial charge is 0.469 e. The first kappa shape index (κ1) is 8.66. The Labute approximate surface area is 69.9 Å². The molecule has 5 nitrogen and oxygen atoms in total. The predicted molar refractivity (Wildman–Crippen MR) is 39.4 cm³/mol. The highest BCUT2D eigenvalue weighted by Crippen LogP contribution is 2.46. The molecule has 2 rings (SSSR count). The zero-order valence-corrected chi connectivity index (χ0v) is 7.31. The molecule has 12 heavy (non-hydrogen) atoms. The van der Waals surface area contributed by atoms with Crippen LogP contribution in [0.5, 0.6) is 0 Å². The molecule has 1 saturated heterocycles. The van der Waals surface area contributed by atoms with E-state index in [1.807, 2.05) is 0 Å². The van der Waals surface area contributed by atoms with Gasteiger partial charge in [0, 0.05) is 0 Å². The third kappa shape index (κ3) is 2.06. The number of hydrogen-bond acceptors (Lipinski definition) is 3. The molecular weight excluding hydrogens is 183 g/mol. The summed E-state index contributed by atoms with van der Waals surface area (Å²) in [4.78, 5) is 16.8. The first-order valence-corrected chi connectivity index (χ1v) is 5.43. The first-order valence-electron chi connectivity index (χ1n) is 3.90. The van der Waals surface area contributed by atoms with Gasteiger partial charge in [0.15, 0.2) is 0 Å². The van der Waals surface area contributed by atoms with Crippen molar-refractivity contribution in [3.05, 3.63) is 0 Å². The van der Waals surface area contributed by atoms with Gasteiger partial charge in [-0.2, -0.15) is 0 Å². The number of fused-ring (bicyclic) bond motifs is 1. The first-order chi connectivity index (χ1) is 5.54.